The van der Waals surface area contributed by atoms with E-state index in [0.29, 0.717) is 30.3 Å². The molecule has 7 nitrogen and oxygen atoms in total. The van der Waals surface area contributed by atoms with Crippen LogP contribution in [0.25, 0.3) is 0 Å². The summed E-state index contributed by atoms with van der Waals surface area (Å²) < 4.78 is 5.45. The second-order valence-corrected chi connectivity index (χ2v) is 6.66. The van der Waals surface area contributed by atoms with Gasteiger partial charge in [-0.2, -0.15) is 0 Å². The Morgan fingerprint density at radius 3 is 2.21 bits per heavy atom. The van der Waals surface area contributed by atoms with Gasteiger partial charge in [-0.1, -0.05) is 12.1 Å². The van der Waals surface area contributed by atoms with Crippen LogP contribution in [0.2, 0.25) is 0 Å². The number of ether oxygens (including phenoxy) is 1. The minimum Gasteiger partial charge on any atom is -0.484 e. The first kappa shape index (κ1) is 19.4. The number of carbonyl (C=O) groups excluding carboxylic acids is 2. The van der Waals surface area contributed by atoms with Crippen molar-refractivity contribution in [2.45, 2.75) is 25.3 Å². The Bertz CT molecular complexity index is 842. The third-order valence-electron chi connectivity index (χ3n) is 4.33. The molecule has 2 aromatic rings. The number of hydrogen-bond acceptors (Lipinski definition) is 4. The van der Waals surface area contributed by atoms with Gasteiger partial charge < -0.3 is 20.5 Å². The molecule has 146 valence electrons. The molecular weight excluding hydrogens is 360 g/mol. The Morgan fingerprint density at radius 2 is 1.61 bits per heavy atom. The van der Waals surface area contributed by atoms with Crippen LogP contribution in [0.5, 0.6) is 5.75 Å². The lowest BCUT2D eigenvalue weighted by Crippen LogP contribution is -2.30. The number of rotatable bonds is 9. The Labute approximate surface area is 162 Å². The van der Waals surface area contributed by atoms with Crippen LogP contribution >= 0.6 is 0 Å². The summed E-state index contributed by atoms with van der Waals surface area (Å²) in [5, 5.41) is 14.5. The lowest BCUT2D eigenvalue weighted by atomic mass is 10.1. The van der Waals surface area contributed by atoms with Gasteiger partial charge in [0.25, 0.3) is 11.8 Å². The first-order valence-corrected chi connectivity index (χ1v) is 9.14. The molecule has 1 fully saturated rings. The Kier molecular flexibility index (Phi) is 6.26. The summed E-state index contributed by atoms with van der Waals surface area (Å²) >= 11 is 0. The first-order valence-electron chi connectivity index (χ1n) is 9.14. The molecule has 1 saturated carbocycles. The second kappa shape index (κ2) is 9.03. The molecule has 3 N–H and O–H groups in total. The number of carbonyl (C=O) groups is 3. The fourth-order valence-electron chi connectivity index (χ4n) is 2.58. The van der Waals surface area contributed by atoms with Crippen molar-refractivity contribution >= 4 is 17.8 Å². The maximum atomic E-state index is 12.1. The molecule has 2 aromatic carbocycles. The van der Waals surface area contributed by atoms with Crippen molar-refractivity contribution in [3.63, 3.8) is 0 Å². The molecule has 0 bridgehead atoms. The maximum absolute atomic E-state index is 12.1. The van der Waals surface area contributed by atoms with Crippen LogP contribution in [0.15, 0.2) is 48.5 Å². The molecule has 0 aliphatic heterocycles. The van der Waals surface area contributed by atoms with Gasteiger partial charge in [0, 0.05) is 18.2 Å². The first-order chi connectivity index (χ1) is 13.5. The van der Waals surface area contributed by atoms with Gasteiger partial charge >= 0.3 is 5.97 Å². The largest absolute Gasteiger partial charge is 0.484 e. The lowest BCUT2D eigenvalue weighted by Gasteiger charge is -2.08. The summed E-state index contributed by atoms with van der Waals surface area (Å²) in [5.74, 6) is -0.760. The number of carboxylic acid groups (broad SMARTS) is 1. The Hall–Kier alpha value is -3.35. The van der Waals surface area contributed by atoms with E-state index in [-0.39, 0.29) is 24.0 Å². The van der Waals surface area contributed by atoms with Crippen molar-refractivity contribution in [1.29, 1.82) is 0 Å². The predicted octanol–water partition coefficient (Wildman–Crippen LogP) is 2.01. The summed E-state index contributed by atoms with van der Waals surface area (Å²) in [6, 6.07) is 13.5. The van der Waals surface area contributed by atoms with Crippen molar-refractivity contribution in [3.05, 3.63) is 65.2 Å². The van der Waals surface area contributed by atoms with E-state index in [1.807, 2.05) is 12.1 Å². The van der Waals surface area contributed by atoms with Gasteiger partial charge in [0.1, 0.15) is 5.75 Å². The zero-order valence-corrected chi connectivity index (χ0v) is 15.3. The summed E-state index contributed by atoms with van der Waals surface area (Å²) in [6.07, 6.45) is 2.73. The van der Waals surface area contributed by atoms with Crippen LogP contribution in [0, 0.1) is 0 Å². The molecule has 0 heterocycles. The number of aromatic carboxylic acids is 1. The molecule has 0 unspecified atom stereocenters. The Morgan fingerprint density at radius 1 is 0.964 bits per heavy atom. The normalized spacial score (nSPS) is 12.9. The highest BCUT2D eigenvalue weighted by Gasteiger charge is 2.23. The molecule has 0 radical (unpaired) electrons. The van der Waals surface area contributed by atoms with Gasteiger partial charge in [0.2, 0.25) is 0 Å². The van der Waals surface area contributed by atoms with Crippen molar-refractivity contribution < 1.29 is 24.2 Å². The van der Waals surface area contributed by atoms with E-state index < -0.39 is 5.97 Å². The smallest absolute Gasteiger partial charge is 0.335 e. The average Bonchev–Trinajstić information content (AvgIpc) is 3.51. The van der Waals surface area contributed by atoms with Crippen molar-refractivity contribution in [1.82, 2.24) is 10.6 Å². The highest BCUT2D eigenvalue weighted by molar-refractivity contribution is 5.95. The molecule has 28 heavy (non-hydrogen) atoms. The van der Waals surface area contributed by atoms with Gasteiger partial charge in [-0.05, 0) is 61.2 Å². The SMILES string of the molecule is O=C(COc1ccc(CCNC(=O)c2ccc(C(=O)O)cc2)cc1)NC1CC1. The van der Waals surface area contributed by atoms with E-state index in [9.17, 15) is 14.4 Å². The average molecular weight is 382 g/mol. The van der Waals surface area contributed by atoms with E-state index in [4.69, 9.17) is 9.84 Å². The van der Waals surface area contributed by atoms with Crippen LogP contribution in [-0.2, 0) is 11.2 Å². The molecule has 7 heteroatoms. The third-order valence-corrected chi connectivity index (χ3v) is 4.33. The Balaban J connectivity index is 1.39. The summed E-state index contributed by atoms with van der Waals surface area (Å²) in [5.41, 5.74) is 1.58. The minimum absolute atomic E-state index is 0.00652. The van der Waals surface area contributed by atoms with Crippen LogP contribution < -0.4 is 15.4 Å². The number of carboxylic acids is 1. The monoisotopic (exact) mass is 382 g/mol. The molecule has 0 spiro atoms. The second-order valence-electron chi connectivity index (χ2n) is 6.66. The number of benzene rings is 2. The van der Waals surface area contributed by atoms with Crippen molar-refractivity contribution in [2.24, 2.45) is 0 Å². The van der Waals surface area contributed by atoms with E-state index in [2.05, 4.69) is 10.6 Å². The molecular formula is C21H22N2O5. The molecule has 1 aliphatic rings. The zero-order chi connectivity index (χ0) is 19.9. The fourth-order valence-corrected chi connectivity index (χ4v) is 2.58. The fraction of sp³-hybridized carbons (Fsp3) is 0.286. The van der Waals surface area contributed by atoms with Gasteiger partial charge in [-0.25, -0.2) is 4.79 Å². The highest BCUT2D eigenvalue weighted by atomic mass is 16.5. The van der Waals surface area contributed by atoms with Crippen LogP contribution in [0.1, 0.15) is 39.1 Å². The zero-order valence-electron chi connectivity index (χ0n) is 15.3. The van der Waals surface area contributed by atoms with Crippen LogP contribution in [0.3, 0.4) is 0 Å². The standard InChI is InChI=1S/C21H22N2O5/c24-19(23-17-7-8-17)13-28-18-9-1-14(2-10-18)11-12-22-20(25)15-3-5-16(6-4-15)21(26)27/h1-6,9-10,17H,7-8,11-13H2,(H,22,25)(H,23,24)(H,26,27). The molecule has 3 rings (SSSR count). The molecule has 2 amide bonds. The van der Waals surface area contributed by atoms with Crippen molar-refractivity contribution in [2.75, 3.05) is 13.2 Å². The topological polar surface area (TPSA) is 105 Å². The summed E-state index contributed by atoms with van der Waals surface area (Å²) in [7, 11) is 0. The lowest BCUT2D eigenvalue weighted by molar-refractivity contribution is -0.123. The molecule has 0 atom stereocenters. The molecule has 0 aromatic heterocycles. The number of hydrogen-bond donors (Lipinski definition) is 3. The number of amides is 2. The maximum Gasteiger partial charge on any atom is 0.335 e. The van der Waals surface area contributed by atoms with E-state index in [0.717, 1.165) is 18.4 Å². The highest BCUT2D eigenvalue weighted by Crippen LogP contribution is 2.18. The van der Waals surface area contributed by atoms with Gasteiger partial charge in [-0.15, -0.1) is 0 Å². The molecule has 0 saturated heterocycles. The predicted molar refractivity (Wildman–Crippen MR) is 103 cm³/mol. The van der Waals surface area contributed by atoms with Gasteiger partial charge in [0.15, 0.2) is 6.61 Å². The summed E-state index contributed by atoms with van der Waals surface area (Å²) in [4.78, 5) is 34.5. The van der Waals surface area contributed by atoms with E-state index in [1.165, 1.54) is 24.3 Å². The number of nitrogens with one attached hydrogen (secondary N) is 2. The van der Waals surface area contributed by atoms with E-state index in [1.54, 1.807) is 12.1 Å². The van der Waals surface area contributed by atoms with Crippen LogP contribution in [-0.4, -0.2) is 42.1 Å². The van der Waals surface area contributed by atoms with Crippen molar-refractivity contribution in [3.8, 4) is 5.75 Å². The molecule has 1 aliphatic carbocycles. The van der Waals surface area contributed by atoms with E-state index >= 15 is 0 Å². The van der Waals surface area contributed by atoms with Gasteiger partial charge in [0.05, 0.1) is 5.56 Å². The summed E-state index contributed by atoms with van der Waals surface area (Å²) in [6.45, 7) is 0.454. The van der Waals surface area contributed by atoms with Gasteiger partial charge in [-0.3, -0.25) is 9.59 Å². The quantitative estimate of drug-likeness (QED) is 0.615. The van der Waals surface area contributed by atoms with Crippen LogP contribution in [0.4, 0.5) is 0 Å². The minimum atomic E-state index is -1.03. The third kappa shape index (κ3) is 5.84.